The summed E-state index contributed by atoms with van der Waals surface area (Å²) in [5.41, 5.74) is 0. The Bertz CT molecular complexity index is 356. The minimum absolute atomic E-state index is 0.228. The van der Waals surface area contributed by atoms with Crippen molar-refractivity contribution >= 4 is 17.2 Å². The molecule has 0 spiro atoms. The first-order chi connectivity index (χ1) is 7.75. The van der Waals surface area contributed by atoms with Crippen LogP contribution in [0.2, 0.25) is 0 Å². The highest BCUT2D eigenvalue weighted by atomic mass is 32.1. The van der Waals surface area contributed by atoms with Gasteiger partial charge in [-0.3, -0.25) is 4.79 Å². The highest BCUT2D eigenvalue weighted by Gasteiger charge is 2.20. The first-order valence-electron chi connectivity index (χ1n) is 5.95. The molecule has 1 aromatic rings. The van der Waals surface area contributed by atoms with Gasteiger partial charge in [0.2, 0.25) is 5.91 Å². The fourth-order valence-corrected chi connectivity index (χ4v) is 2.90. The summed E-state index contributed by atoms with van der Waals surface area (Å²) in [6.45, 7) is 2.62. The molecule has 3 nitrogen and oxygen atoms in total. The van der Waals surface area contributed by atoms with Crippen LogP contribution in [0.15, 0.2) is 6.20 Å². The standard InChI is InChI=1S/C12H18N2OS/c1-9-13-7-11(16-9)8-14-12(15)10-5-3-2-4-6-10/h7,10H,2-6,8H2,1H3,(H,14,15). The summed E-state index contributed by atoms with van der Waals surface area (Å²) in [6.07, 6.45) is 7.68. The Hall–Kier alpha value is -0.900. The van der Waals surface area contributed by atoms with Crippen molar-refractivity contribution < 1.29 is 4.79 Å². The van der Waals surface area contributed by atoms with E-state index in [-0.39, 0.29) is 11.8 Å². The van der Waals surface area contributed by atoms with Crippen LogP contribution in [0.3, 0.4) is 0 Å². The Morgan fingerprint density at radius 3 is 2.88 bits per heavy atom. The third-order valence-electron chi connectivity index (χ3n) is 3.08. The molecule has 0 radical (unpaired) electrons. The van der Waals surface area contributed by atoms with Crippen LogP contribution in [0.25, 0.3) is 0 Å². The number of aryl methyl sites for hydroxylation is 1. The molecule has 1 heterocycles. The molecular weight excluding hydrogens is 220 g/mol. The van der Waals surface area contributed by atoms with Crippen LogP contribution >= 0.6 is 11.3 Å². The SMILES string of the molecule is Cc1ncc(CNC(=O)C2CCCCC2)s1. The predicted molar refractivity (Wildman–Crippen MR) is 65.3 cm³/mol. The molecule has 0 atom stereocenters. The highest BCUT2D eigenvalue weighted by Crippen LogP contribution is 2.23. The molecule has 1 N–H and O–H groups in total. The summed E-state index contributed by atoms with van der Waals surface area (Å²) in [4.78, 5) is 17.2. The number of aromatic nitrogens is 1. The molecule has 1 saturated carbocycles. The van der Waals surface area contributed by atoms with Crippen LogP contribution in [0, 0.1) is 12.8 Å². The van der Waals surface area contributed by atoms with Gasteiger partial charge in [-0.25, -0.2) is 4.98 Å². The quantitative estimate of drug-likeness (QED) is 0.879. The lowest BCUT2D eigenvalue weighted by atomic mass is 9.89. The van der Waals surface area contributed by atoms with Gasteiger partial charge in [0.25, 0.3) is 0 Å². The number of nitrogens with one attached hydrogen (secondary N) is 1. The number of hydrogen-bond acceptors (Lipinski definition) is 3. The van der Waals surface area contributed by atoms with E-state index in [1.165, 1.54) is 19.3 Å². The van der Waals surface area contributed by atoms with Gasteiger partial charge in [0.05, 0.1) is 11.6 Å². The zero-order valence-electron chi connectivity index (χ0n) is 9.66. The lowest BCUT2D eigenvalue weighted by molar-refractivity contribution is -0.126. The van der Waals surface area contributed by atoms with E-state index in [4.69, 9.17) is 0 Å². The first kappa shape index (κ1) is 11.6. The van der Waals surface area contributed by atoms with E-state index in [2.05, 4.69) is 10.3 Å². The van der Waals surface area contributed by atoms with Crippen LogP contribution in [0.1, 0.15) is 42.0 Å². The van der Waals surface area contributed by atoms with Gasteiger partial charge in [0.1, 0.15) is 0 Å². The third kappa shape index (κ3) is 3.04. The summed E-state index contributed by atoms with van der Waals surface area (Å²) < 4.78 is 0. The van der Waals surface area contributed by atoms with Crippen molar-refractivity contribution in [1.29, 1.82) is 0 Å². The largest absolute Gasteiger partial charge is 0.351 e. The number of hydrogen-bond donors (Lipinski definition) is 1. The van der Waals surface area contributed by atoms with Crippen LogP contribution in [-0.2, 0) is 11.3 Å². The maximum Gasteiger partial charge on any atom is 0.223 e. The Balaban J connectivity index is 1.78. The van der Waals surface area contributed by atoms with E-state index in [0.29, 0.717) is 6.54 Å². The second-order valence-corrected chi connectivity index (χ2v) is 5.72. The van der Waals surface area contributed by atoms with E-state index in [1.807, 2.05) is 13.1 Å². The molecule has 1 aliphatic carbocycles. The number of rotatable bonds is 3. The molecule has 1 aliphatic rings. The molecule has 0 bridgehead atoms. The molecule has 1 aromatic heterocycles. The van der Waals surface area contributed by atoms with E-state index in [0.717, 1.165) is 22.7 Å². The summed E-state index contributed by atoms with van der Waals surface area (Å²) in [5.74, 6) is 0.480. The second-order valence-electron chi connectivity index (χ2n) is 4.40. The minimum Gasteiger partial charge on any atom is -0.351 e. The van der Waals surface area contributed by atoms with Gasteiger partial charge in [-0.2, -0.15) is 0 Å². The molecule has 0 saturated heterocycles. The Morgan fingerprint density at radius 2 is 2.25 bits per heavy atom. The van der Waals surface area contributed by atoms with Crippen molar-refractivity contribution in [2.45, 2.75) is 45.6 Å². The maximum absolute atomic E-state index is 11.9. The van der Waals surface area contributed by atoms with Crippen LogP contribution in [-0.4, -0.2) is 10.9 Å². The van der Waals surface area contributed by atoms with Crippen molar-refractivity contribution in [3.63, 3.8) is 0 Å². The normalized spacial score (nSPS) is 17.3. The smallest absolute Gasteiger partial charge is 0.223 e. The number of carbonyl (C=O) groups is 1. The average molecular weight is 238 g/mol. The van der Waals surface area contributed by atoms with Crippen molar-refractivity contribution in [2.75, 3.05) is 0 Å². The van der Waals surface area contributed by atoms with Crippen molar-refractivity contribution in [3.05, 3.63) is 16.1 Å². The fourth-order valence-electron chi connectivity index (χ4n) is 2.17. The van der Waals surface area contributed by atoms with Crippen molar-refractivity contribution in [1.82, 2.24) is 10.3 Å². The maximum atomic E-state index is 11.9. The van der Waals surface area contributed by atoms with Crippen LogP contribution in [0.4, 0.5) is 0 Å². The van der Waals surface area contributed by atoms with Gasteiger partial charge in [0, 0.05) is 17.0 Å². The predicted octanol–water partition coefficient (Wildman–Crippen LogP) is 2.65. The number of thiazole rings is 1. The summed E-state index contributed by atoms with van der Waals surface area (Å²) in [5, 5.41) is 4.07. The van der Waals surface area contributed by atoms with Gasteiger partial charge in [0.15, 0.2) is 0 Å². The van der Waals surface area contributed by atoms with E-state index in [1.54, 1.807) is 11.3 Å². The Kier molecular flexibility index (Phi) is 3.93. The van der Waals surface area contributed by atoms with Gasteiger partial charge < -0.3 is 5.32 Å². The first-order valence-corrected chi connectivity index (χ1v) is 6.76. The summed E-state index contributed by atoms with van der Waals surface area (Å²) in [7, 11) is 0. The average Bonchev–Trinajstić information content (AvgIpc) is 2.73. The molecule has 1 fully saturated rings. The molecule has 88 valence electrons. The number of carbonyl (C=O) groups excluding carboxylic acids is 1. The second kappa shape index (κ2) is 5.43. The minimum atomic E-state index is 0.228. The molecule has 4 heteroatoms. The van der Waals surface area contributed by atoms with E-state index >= 15 is 0 Å². The summed E-state index contributed by atoms with van der Waals surface area (Å²) >= 11 is 1.65. The fraction of sp³-hybridized carbons (Fsp3) is 0.667. The van der Waals surface area contributed by atoms with Gasteiger partial charge in [-0.15, -0.1) is 11.3 Å². The van der Waals surface area contributed by atoms with Crippen LogP contribution < -0.4 is 5.32 Å². The topological polar surface area (TPSA) is 42.0 Å². The molecular formula is C12H18N2OS. The molecule has 0 aromatic carbocycles. The Morgan fingerprint density at radius 1 is 1.50 bits per heavy atom. The summed E-state index contributed by atoms with van der Waals surface area (Å²) in [6, 6.07) is 0. The number of nitrogens with zero attached hydrogens (tertiary/aromatic N) is 1. The van der Waals surface area contributed by atoms with Crippen LogP contribution in [0.5, 0.6) is 0 Å². The molecule has 1 amide bonds. The van der Waals surface area contributed by atoms with Gasteiger partial charge >= 0.3 is 0 Å². The molecule has 2 rings (SSSR count). The zero-order valence-corrected chi connectivity index (χ0v) is 10.5. The monoisotopic (exact) mass is 238 g/mol. The lowest BCUT2D eigenvalue weighted by Crippen LogP contribution is -2.31. The van der Waals surface area contributed by atoms with Crippen molar-refractivity contribution in [2.24, 2.45) is 5.92 Å². The molecule has 0 aliphatic heterocycles. The molecule has 0 unspecified atom stereocenters. The van der Waals surface area contributed by atoms with E-state index < -0.39 is 0 Å². The zero-order chi connectivity index (χ0) is 11.4. The van der Waals surface area contributed by atoms with Gasteiger partial charge in [-0.1, -0.05) is 19.3 Å². The molecule has 16 heavy (non-hydrogen) atoms. The number of amides is 1. The van der Waals surface area contributed by atoms with E-state index in [9.17, 15) is 4.79 Å². The Labute approximate surface area is 100 Å². The lowest BCUT2D eigenvalue weighted by Gasteiger charge is -2.20. The third-order valence-corrected chi connectivity index (χ3v) is 3.99. The van der Waals surface area contributed by atoms with Gasteiger partial charge in [-0.05, 0) is 19.8 Å². The highest BCUT2D eigenvalue weighted by molar-refractivity contribution is 7.11. The van der Waals surface area contributed by atoms with Crippen molar-refractivity contribution in [3.8, 4) is 0 Å².